The Hall–Kier alpha value is -1.84. The predicted octanol–water partition coefficient (Wildman–Crippen LogP) is 2.09. The Labute approximate surface area is 82.0 Å². The Morgan fingerprint density at radius 1 is 1.43 bits per heavy atom. The summed E-state index contributed by atoms with van der Waals surface area (Å²) >= 11 is 0. The number of oxazole rings is 1. The van der Waals surface area contributed by atoms with Crippen LogP contribution in [0.3, 0.4) is 0 Å². The van der Waals surface area contributed by atoms with Gasteiger partial charge in [-0.15, -0.1) is 0 Å². The highest BCUT2D eigenvalue weighted by Gasteiger charge is 2.09. The second-order valence-corrected chi connectivity index (χ2v) is 2.92. The summed E-state index contributed by atoms with van der Waals surface area (Å²) in [6, 6.07) is 4.36. The van der Waals surface area contributed by atoms with E-state index in [0.29, 0.717) is 6.01 Å². The summed E-state index contributed by atoms with van der Waals surface area (Å²) < 4.78 is 5.37. The van der Waals surface area contributed by atoms with Gasteiger partial charge in [0.05, 0.1) is 0 Å². The molecule has 4 heteroatoms. The molecule has 2 heterocycles. The molecule has 0 aliphatic heterocycles. The van der Waals surface area contributed by atoms with Crippen molar-refractivity contribution in [3.05, 3.63) is 30.3 Å². The summed E-state index contributed by atoms with van der Waals surface area (Å²) in [4.78, 5) is 8.32. The summed E-state index contributed by atoms with van der Waals surface area (Å²) in [6.45, 7) is 1.89. The number of aromatic nitrogens is 2. The first-order valence-corrected chi connectivity index (χ1v) is 4.37. The van der Waals surface area contributed by atoms with Crippen molar-refractivity contribution >= 4 is 6.01 Å². The van der Waals surface area contributed by atoms with E-state index in [1.54, 1.807) is 19.4 Å². The lowest BCUT2D eigenvalue weighted by Crippen LogP contribution is -1.87. The third-order valence-corrected chi connectivity index (χ3v) is 1.95. The van der Waals surface area contributed by atoms with Crippen LogP contribution in [-0.2, 0) is 0 Å². The normalized spacial score (nSPS) is 10.1. The van der Waals surface area contributed by atoms with E-state index in [9.17, 15) is 0 Å². The van der Waals surface area contributed by atoms with Crippen LogP contribution >= 0.6 is 0 Å². The Morgan fingerprint density at radius 3 is 2.86 bits per heavy atom. The van der Waals surface area contributed by atoms with E-state index in [4.69, 9.17) is 4.42 Å². The summed E-state index contributed by atoms with van der Waals surface area (Å²) in [7, 11) is 1.78. The van der Waals surface area contributed by atoms with Crippen LogP contribution in [0, 0.1) is 6.92 Å². The van der Waals surface area contributed by atoms with Gasteiger partial charge in [0.15, 0.2) is 0 Å². The summed E-state index contributed by atoms with van der Waals surface area (Å²) in [5.74, 6) is 0.794. The molecule has 4 nitrogen and oxygen atoms in total. The Kier molecular flexibility index (Phi) is 2.18. The van der Waals surface area contributed by atoms with E-state index < -0.39 is 0 Å². The van der Waals surface area contributed by atoms with Crippen molar-refractivity contribution in [3.8, 4) is 11.3 Å². The van der Waals surface area contributed by atoms with Gasteiger partial charge in [0.1, 0.15) is 11.5 Å². The molecule has 14 heavy (non-hydrogen) atoms. The third kappa shape index (κ3) is 1.46. The number of rotatable bonds is 2. The summed E-state index contributed by atoms with van der Waals surface area (Å²) in [5, 5.41) is 2.86. The van der Waals surface area contributed by atoms with Crippen molar-refractivity contribution in [1.82, 2.24) is 9.97 Å². The molecule has 0 amide bonds. The SMILES string of the molecule is CNc1nc(-c2cccnc2)c(C)o1. The molecule has 0 bridgehead atoms. The van der Waals surface area contributed by atoms with Crippen LogP contribution in [0.2, 0.25) is 0 Å². The maximum absolute atomic E-state index is 5.37. The lowest BCUT2D eigenvalue weighted by atomic mass is 10.2. The third-order valence-electron chi connectivity index (χ3n) is 1.95. The average Bonchev–Trinajstić information content (AvgIpc) is 2.61. The Morgan fingerprint density at radius 2 is 2.29 bits per heavy atom. The highest BCUT2D eigenvalue weighted by molar-refractivity contribution is 5.61. The first-order valence-electron chi connectivity index (χ1n) is 4.37. The van der Waals surface area contributed by atoms with Crippen LogP contribution in [0.4, 0.5) is 6.01 Å². The molecule has 72 valence electrons. The summed E-state index contributed by atoms with van der Waals surface area (Å²) in [6.07, 6.45) is 3.50. The molecule has 2 aromatic rings. The van der Waals surface area contributed by atoms with Crippen molar-refractivity contribution in [2.75, 3.05) is 12.4 Å². The molecule has 0 saturated carbocycles. The fourth-order valence-electron chi connectivity index (χ4n) is 1.27. The number of hydrogen-bond donors (Lipinski definition) is 1. The van der Waals surface area contributed by atoms with Gasteiger partial charge in [0.2, 0.25) is 0 Å². The number of anilines is 1. The Bertz CT molecular complexity index is 422. The second kappa shape index (κ2) is 3.49. The smallest absolute Gasteiger partial charge is 0.295 e. The lowest BCUT2D eigenvalue weighted by Gasteiger charge is -1.93. The van der Waals surface area contributed by atoms with Gasteiger partial charge < -0.3 is 9.73 Å². The number of aryl methyl sites for hydroxylation is 1. The van der Waals surface area contributed by atoms with Gasteiger partial charge in [-0.1, -0.05) is 0 Å². The largest absolute Gasteiger partial charge is 0.428 e. The zero-order valence-electron chi connectivity index (χ0n) is 8.11. The molecule has 1 N–H and O–H groups in total. The maximum Gasteiger partial charge on any atom is 0.295 e. The fourth-order valence-corrected chi connectivity index (χ4v) is 1.27. The fraction of sp³-hybridized carbons (Fsp3) is 0.200. The molecule has 0 aliphatic carbocycles. The van der Waals surface area contributed by atoms with Gasteiger partial charge in [0, 0.05) is 25.0 Å². The van der Waals surface area contributed by atoms with Crippen molar-refractivity contribution < 1.29 is 4.42 Å². The minimum Gasteiger partial charge on any atom is -0.428 e. The monoisotopic (exact) mass is 189 g/mol. The van der Waals surface area contributed by atoms with Crippen LogP contribution in [0.5, 0.6) is 0 Å². The molecule has 0 aliphatic rings. The first kappa shape index (κ1) is 8.74. The molecular weight excluding hydrogens is 178 g/mol. The van der Waals surface area contributed by atoms with E-state index >= 15 is 0 Å². The molecule has 0 radical (unpaired) electrons. The van der Waals surface area contributed by atoms with Crippen molar-refractivity contribution in [2.24, 2.45) is 0 Å². The summed E-state index contributed by atoms with van der Waals surface area (Å²) in [5.41, 5.74) is 1.80. The Balaban J connectivity index is 2.46. The van der Waals surface area contributed by atoms with Crippen LogP contribution < -0.4 is 5.32 Å². The van der Waals surface area contributed by atoms with Crippen LogP contribution in [0.25, 0.3) is 11.3 Å². The number of nitrogens with zero attached hydrogens (tertiary/aromatic N) is 2. The lowest BCUT2D eigenvalue weighted by molar-refractivity contribution is 0.544. The molecule has 0 spiro atoms. The maximum atomic E-state index is 5.37. The molecular formula is C10H11N3O. The van der Waals surface area contributed by atoms with Gasteiger partial charge in [-0.2, -0.15) is 4.98 Å². The quantitative estimate of drug-likeness (QED) is 0.785. The van der Waals surface area contributed by atoms with Gasteiger partial charge in [-0.3, -0.25) is 4.98 Å². The molecule has 2 aromatic heterocycles. The standard InChI is InChI=1S/C10H11N3O/c1-7-9(13-10(11-2)14-7)8-4-3-5-12-6-8/h3-6H,1-2H3,(H,11,13). The minimum atomic E-state index is 0.529. The van der Waals surface area contributed by atoms with E-state index in [0.717, 1.165) is 17.0 Å². The topological polar surface area (TPSA) is 51.0 Å². The zero-order valence-corrected chi connectivity index (χ0v) is 8.11. The van der Waals surface area contributed by atoms with Crippen LogP contribution in [-0.4, -0.2) is 17.0 Å². The molecule has 0 saturated heterocycles. The zero-order chi connectivity index (χ0) is 9.97. The van der Waals surface area contributed by atoms with Crippen molar-refractivity contribution in [1.29, 1.82) is 0 Å². The van der Waals surface area contributed by atoms with E-state index in [1.165, 1.54) is 0 Å². The second-order valence-electron chi connectivity index (χ2n) is 2.92. The number of pyridine rings is 1. The predicted molar refractivity (Wildman–Crippen MR) is 54.0 cm³/mol. The average molecular weight is 189 g/mol. The van der Waals surface area contributed by atoms with E-state index in [-0.39, 0.29) is 0 Å². The number of nitrogens with one attached hydrogen (secondary N) is 1. The van der Waals surface area contributed by atoms with Gasteiger partial charge in [-0.25, -0.2) is 0 Å². The molecule has 0 unspecified atom stereocenters. The molecule has 0 aromatic carbocycles. The molecule has 2 rings (SSSR count). The van der Waals surface area contributed by atoms with E-state index in [1.807, 2.05) is 19.1 Å². The van der Waals surface area contributed by atoms with Crippen molar-refractivity contribution in [3.63, 3.8) is 0 Å². The van der Waals surface area contributed by atoms with Crippen LogP contribution in [0.15, 0.2) is 28.9 Å². The highest BCUT2D eigenvalue weighted by Crippen LogP contribution is 2.23. The number of hydrogen-bond acceptors (Lipinski definition) is 4. The van der Waals surface area contributed by atoms with Gasteiger partial charge >= 0.3 is 0 Å². The molecule has 0 atom stereocenters. The van der Waals surface area contributed by atoms with Crippen molar-refractivity contribution in [2.45, 2.75) is 6.92 Å². The molecule has 0 fully saturated rings. The highest BCUT2D eigenvalue weighted by atomic mass is 16.4. The van der Waals surface area contributed by atoms with Crippen LogP contribution in [0.1, 0.15) is 5.76 Å². The minimum absolute atomic E-state index is 0.529. The van der Waals surface area contributed by atoms with Gasteiger partial charge in [-0.05, 0) is 19.1 Å². The first-order chi connectivity index (χ1) is 6.81. The van der Waals surface area contributed by atoms with E-state index in [2.05, 4.69) is 15.3 Å². The van der Waals surface area contributed by atoms with Gasteiger partial charge in [0.25, 0.3) is 6.01 Å².